The molecule has 2 rings (SSSR count). The maximum Gasteiger partial charge on any atom is 0.328 e. The van der Waals surface area contributed by atoms with Crippen molar-refractivity contribution in [2.45, 2.75) is 72.1 Å². The van der Waals surface area contributed by atoms with Crippen LogP contribution in [0.1, 0.15) is 53.0 Å². The van der Waals surface area contributed by atoms with E-state index in [1.54, 1.807) is 24.0 Å². The highest BCUT2D eigenvalue weighted by atomic mass is 19.1. The van der Waals surface area contributed by atoms with Gasteiger partial charge in [0.2, 0.25) is 11.8 Å². The summed E-state index contributed by atoms with van der Waals surface area (Å²) in [6.07, 6.45) is 1.14. The van der Waals surface area contributed by atoms with Crippen LogP contribution in [0.25, 0.3) is 0 Å². The predicted octanol–water partition coefficient (Wildman–Crippen LogP) is 2.15. The quantitative estimate of drug-likeness (QED) is 0.232. The van der Waals surface area contributed by atoms with Crippen molar-refractivity contribution >= 4 is 29.4 Å². The summed E-state index contributed by atoms with van der Waals surface area (Å²) in [6, 6.07) is 4.15. The average molecular weight is 581 g/mol. The van der Waals surface area contributed by atoms with E-state index >= 15 is 0 Å². The first-order valence-electron chi connectivity index (χ1n) is 13.7. The van der Waals surface area contributed by atoms with E-state index in [0.29, 0.717) is 55.4 Å². The van der Waals surface area contributed by atoms with E-state index in [1.807, 2.05) is 39.5 Å². The maximum atomic E-state index is 14.0. The first kappa shape index (κ1) is 35.7. The van der Waals surface area contributed by atoms with Crippen LogP contribution >= 0.6 is 0 Å². The summed E-state index contributed by atoms with van der Waals surface area (Å²) >= 11 is 0. The minimum atomic E-state index is -1.26. The lowest BCUT2D eigenvalue weighted by Crippen LogP contribution is -2.64. The summed E-state index contributed by atoms with van der Waals surface area (Å²) in [4.78, 5) is 48.1. The lowest BCUT2D eigenvalue weighted by Gasteiger charge is -2.48. The van der Waals surface area contributed by atoms with Gasteiger partial charge in [0.05, 0.1) is 12.6 Å². The van der Waals surface area contributed by atoms with E-state index in [9.17, 15) is 28.7 Å². The van der Waals surface area contributed by atoms with Crippen molar-refractivity contribution in [3.05, 3.63) is 41.7 Å². The predicted molar refractivity (Wildman–Crippen MR) is 154 cm³/mol. The Hall–Kier alpha value is -3.35. The highest BCUT2D eigenvalue weighted by Crippen LogP contribution is 2.30. The van der Waals surface area contributed by atoms with Gasteiger partial charge in [0.1, 0.15) is 5.82 Å². The fourth-order valence-electron chi connectivity index (χ4n) is 4.35. The Bertz CT molecular complexity index is 1080. The number of carbonyl (C=O) groups is 4. The number of aliphatic hydroxyl groups excluding tert-OH is 1. The zero-order chi connectivity index (χ0) is 31.5. The van der Waals surface area contributed by atoms with Crippen LogP contribution in [0.4, 0.5) is 10.1 Å². The molecule has 1 heterocycles. The minimum absolute atomic E-state index is 0.0629. The molecule has 6 N–H and O–H groups in total. The third-order valence-electron chi connectivity index (χ3n) is 6.93. The van der Waals surface area contributed by atoms with E-state index in [1.165, 1.54) is 6.07 Å². The zero-order valence-corrected chi connectivity index (χ0v) is 24.8. The molecule has 0 unspecified atom stereocenters. The maximum absolute atomic E-state index is 14.0. The monoisotopic (exact) mass is 580 g/mol. The SMILES string of the molecule is CC[C@H](C[C@H](O)[C@@H](N)CN1CC(=O)N(c2cccc(F)c2C)CC1(C)C)C(=O)NCC(C)C.O=C(O)C=CC(=O)O. The molecule has 230 valence electrons. The molecule has 0 aliphatic carbocycles. The summed E-state index contributed by atoms with van der Waals surface area (Å²) in [5.41, 5.74) is 6.93. The summed E-state index contributed by atoms with van der Waals surface area (Å²) in [5, 5.41) is 29.3. The first-order chi connectivity index (χ1) is 19.0. The summed E-state index contributed by atoms with van der Waals surface area (Å²) < 4.78 is 14.0. The van der Waals surface area contributed by atoms with E-state index in [4.69, 9.17) is 15.9 Å². The Kier molecular flexibility index (Phi) is 14.1. The Labute approximate surface area is 241 Å². The fraction of sp³-hybridized carbons (Fsp3) is 0.586. The number of nitrogens with zero attached hydrogens (tertiary/aromatic N) is 2. The van der Waals surface area contributed by atoms with Crippen LogP contribution in [-0.4, -0.2) is 87.8 Å². The number of piperazine rings is 1. The molecule has 2 amide bonds. The Morgan fingerprint density at radius 2 is 1.76 bits per heavy atom. The van der Waals surface area contributed by atoms with E-state index < -0.39 is 29.6 Å². The van der Waals surface area contributed by atoms with E-state index in [0.717, 1.165) is 0 Å². The number of anilines is 1. The van der Waals surface area contributed by atoms with Crippen LogP contribution in [0.2, 0.25) is 0 Å². The smallest absolute Gasteiger partial charge is 0.328 e. The Morgan fingerprint density at radius 1 is 1.17 bits per heavy atom. The lowest BCUT2D eigenvalue weighted by molar-refractivity contribution is -0.134. The first-order valence-corrected chi connectivity index (χ1v) is 13.7. The van der Waals surface area contributed by atoms with Crippen molar-refractivity contribution < 1.29 is 38.9 Å². The number of carboxylic acids is 2. The standard InChI is InChI=1S/C25H41FN4O3.C4H4O4/c1-7-18(24(33)28-12-16(2)3)11-22(31)20(27)13-29-14-23(32)30(15-25(29,5)6)21-10-8-9-19(26)17(21)4;5-3(6)1-2-4(7)8/h8-10,16,18,20,22,31H,7,11-15,27H2,1-6H3,(H,28,33);1-2H,(H,5,6)(H,7,8)/t18-,20+,22+;/m1./s1. The van der Waals surface area contributed by atoms with Crippen molar-refractivity contribution in [2.75, 3.05) is 31.1 Å². The van der Waals surface area contributed by atoms with Crippen molar-refractivity contribution in [3.8, 4) is 0 Å². The molecule has 1 aromatic rings. The molecule has 0 radical (unpaired) electrons. The van der Waals surface area contributed by atoms with Gasteiger partial charge in [-0.1, -0.05) is 26.8 Å². The van der Waals surface area contributed by atoms with Gasteiger partial charge in [0.15, 0.2) is 0 Å². The fourth-order valence-corrected chi connectivity index (χ4v) is 4.35. The van der Waals surface area contributed by atoms with Crippen LogP contribution in [0.5, 0.6) is 0 Å². The molecule has 1 aromatic carbocycles. The molecular formula is C29H45FN4O7. The summed E-state index contributed by atoms with van der Waals surface area (Å²) in [7, 11) is 0. The molecular weight excluding hydrogens is 535 g/mol. The van der Waals surface area contributed by atoms with Crippen molar-refractivity contribution in [3.63, 3.8) is 0 Å². The summed E-state index contributed by atoms with van der Waals surface area (Å²) in [6.45, 7) is 13.1. The molecule has 0 spiro atoms. The highest BCUT2D eigenvalue weighted by molar-refractivity contribution is 5.96. The van der Waals surface area contributed by atoms with Gasteiger partial charge < -0.3 is 31.3 Å². The molecule has 1 aliphatic heterocycles. The number of nitrogens with two attached hydrogens (primary N) is 1. The third-order valence-corrected chi connectivity index (χ3v) is 6.93. The van der Waals surface area contributed by atoms with E-state index in [-0.39, 0.29) is 36.5 Å². The molecule has 41 heavy (non-hydrogen) atoms. The van der Waals surface area contributed by atoms with Crippen molar-refractivity contribution in [2.24, 2.45) is 17.6 Å². The van der Waals surface area contributed by atoms with Gasteiger partial charge in [-0.3, -0.25) is 14.5 Å². The molecule has 3 atom stereocenters. The second-order valence-electron chi connectivity index (χ2n) is 11.3. The van der Waals surface area contributed by atoms with Gasteiger partial charge in [0, 0.05) is 60.5 Å². The van der Waals surface area contributed by atoms with Crippen molar-refractivity contribution in [1.82, 2.24) is 10.2 Å². The van der Waals surface area contributed by atoms with Gasteiger partial charge in [-0.15, -0.1) is 0 Å². The second kappa shape index (κ2) is 16.2. The molecule has 0 bridgehead atoms. The van der Waals surface area contributed by atoms with Gasteiger partial charge in [-0.25, -0.2) is 14.0 Å². The van der Waals surface area contributed by atoms with Gasteiger partial charge >= 0.3 is 11.9 Å². The molecule has 0 aromatic heterocycles. The van der Waals surface area contributed by atoms with Crippen LogP contribution in [0.3, 0.4) is 0 Å². The number of carboxylic acid groups (broad SMARTS) is 2. The van der Waals surface area contributed by atoms with Gasteiger partial charge in [-0.2, -0.15) is 0 Å². The zero-order valence-electron chi connectivity index (χ0n) is 24.8. The number of aliphatic hydroxyl groups is 1. The number of nitrogens with one attached hydrogen (secondary N) is 1. The average Bonchev–Trinajstić information content (AvgIpc) is 2.88. The highest BCUT2D eigenvalue weighted by Gasteiger charge is 2.40. The second-order valence-corrected chi connectivity index (χ2v) is 11.3. The normalized spacial score (nSPS) is 17.5. The van der Waals surface area contributed by atoms with Crippen LogP contribution in [0, 0.1) is 24.6 Å². The van der Waals surface area contributed by atoms with Crippen LogP contribution in [-0.2, 0) is 19.2 Å². The Balaban J connectivity index is 0.000000915. The van der Waals surface area contributed by atoms with Crippen LogP contribution in [0.15, 0.2) is 30.4 Å². The number of rotatable bonds is 12. The number of benzene rings is 1. The topological polar surface area (TPSA) is 173 Å². The Morgan fingerprint density at radius 3 is 2.27 bits per heavy atom. The molecule has 1 fully saturated rings. The third kappa shape index (κ3) is 11.6. The molecule has 1 aliphatic rings. The molecule has 1 saturated heterocycles. The number of hydrogen-bond donors (Lipinski definition) is 5. The van der Waals surface area contributed by atoms with Gasteiger partial charge in [-0.05, 0) is 51.7 Å². The lowest BCUT2D eigenvalue weighted by atomic mass is 9.92. The largest absolute Gasteiger partial charge is 0.478 e. The number of halogens is 1. The number of amides is 2. The molecule has 12 heteroatoms. The molecule has 0 saturated carbocycles. The van der Waals surface area contributed by atoms with Gasteiger partial charge in [0.25, 0.3) is 0 Å². The van der Waals surface area contributed by atoms with Crippen LogP contribution < -0.4 is 16.0 Å². The van der Waals surface area contributed by atoms with Crippen molar-refractivity contribution in [1.29, 1.82) is 0 Å². The number of carbonyl (C=O) groups excluding carboxylic acids is 2. The van der Waals surface area contributed by atoms with E-state index in [2.05, 4.69) is 5.32 Å². The number of aliphatic carboxylic acids is 2. The molecule has 11 nitrogen and oxygen atoms in total. The summed E-state index contributed by atoms with van der Waals surface area (Å²) in [5.74, 6) is -3.01. The minimum Gasteiger partial charge on any atom is -0.478 e. The number of hydrogen-bond acceptors (Lipinski definition) is 7.